The molecule has 1 saturated heterocycles. The Morgan fingerprint density at radius 2 is 1.84 bits per heavy atom. The Labute approximate surface area is 189 Å². The monoisotopic (exact) mass is 475 g/mol. The summed E-state index contributed by atoms with van der Waals surface area (Å²) in [6.45, 7) is 0. The van der Waals surface area contributed by atoms with Crippen molar-refractivity contribution in [2.75, 3.05) is 4.90 Å². The number of nitrogens with zero attached hydrogens (tertiary/aromatic N) is 1. The number of anilines is 1. The quantitative estimate of drug-likeness (QED) is 0.365. The van der Waals surface area contributed by atoms with Gasteiger partial charge in [0.25, 0.3) is 5.91 Å². The van der Waals surface area contributed by atoms with E-state index < -0.39 is 23.6 Å². The number of carboxylic acid groups (broad SMARTS) is 1. The second-order valence-corrected chi connectivity index (χ2v) is 8.33. The van der Waals surface area contributed by atoms with Gasteiger partial charge in [-0.25, -0.2) is 4.79 Å². The molecule has 1 fully saturated rings. The van der Waals surface area contributed by atoms with Gasteiger partial charge < -0.3 is 9.52 Å². The van der Waals surface area contributed by atoms with Crippen molar-refractivity contribution >= 4 is 51.9 Å². The van der Waals surface area contributed by atoms with Gasteiger partial charge in [0.15, 0.2) is 4.32 Å². The highest BCUT2D eigenvalue weighted by Gasteiger charge is 2.36. The predicted octanol–water partition coefficient (Wildman–Crippen LogP) is 6.07. The van der Waals surface area contributed by atoms with Gasteiger partial charge in [0.1, 0.15) is 11.5 Å². The number of halogens is 3. The molecule has 0 radical (unpaired) electrons. The lowest BCUT2D eigenvalue weighted by Gasteiger charge is -2.16. The number of carbonyl (C=O) groups is 2. The Hall–Kier alpha value is -3.37. The topological polar surface area (TPSA) is 70.8 Å². The smallest absolute Gasteiger partial charge is 0.416 e. The average molecular weight is 475 g/mol. The van der Waals surface area contributed by atoms with Crippen molar-refractivity contribution in [1.82, 2.24) is 0 Å². The van der Waals surface area contributed by atoms with Crippen molar-refractivity contribution in [3.05, 3.63) is 82.5 Å². The second kappa shape index (κ2) is 8.29. The number of hydrogen-bond acceptors (Lipinski definition) is 5. The first kappa shape index (κ1) is 21.8. The summed E-state index contributed by atoms with van der Waals surface area (Å²) >= 11 is 6.16. The minimum absolute atomic E-state index is 0.0244. The third-order valence-corrected chi connectivity index (χ3v) is 5.82. The molecule has 0 atom stereocenters. The zero-order valence-electron chi connectivity index (χ0n) is 15.9. The Morgan fingerprint density at radius 3 is 2.56 bits per heavy atom. The van der Waals surface area contributed by atoms with E-state index in [9.17, 15) is 22.8 Å². The van der Waals surface area contributed by atoms with E-state index in [0.29, 0.717) is 17.1 Å². The summed E-state index contributed by atoms with van der Waals surface area (Å²) in [5, 5.41) is 9.13. The van der Waals surface area contributed by atoms with Gasteiger partial charge in [-0.05, 0) is 42.5 Å². The van der Waals surface area contributed by atoms with Gasteiger partial charge in [-0.1, -0.05) is 42.2 Å². The molecule has 0 aliphatic carbocycles. The Morgan fingerprint density at radius 1 is 1.09 bits per heavy atom. The second-order valence-electron chi connectivity index (χ2n) is 6.65. The number of benzene rings is 2. The van der Waals surface area contributed by atoms with Gasteiger partial charge in [-0.3, -0.25) is 9.69 Å². The van der Waals surface area contributed by atoms with Crippen molar-refractivity contribution in [1.29, 1.82) is 0 Å². The van der Waals surface area contributed by atoms with Crippen LogP contribution in [0.2, 0.25) is 0 Å². The van der Waals surface area contributed by atoms with E-state index >= 15 is 0 Å². The molecule has 1 amide bonds. The van der Waals surface area contributed by atoms with Crippen molar-refractivity contribution in [2.45, 2.75) is 6.18 Å². The Bertz CT molecular complexity index is 1280. The van der Waals surface area contributed by atoms with Crippen LogP contribution in [-0.2, 0) is 11.0 Å². The first-order chi connectivity index (χ1) is 15.1. The maximum Gasteiger partial charge on any atom is 0.416 e. The molecule has 1 aromatic heterocycles. The number of hydrogen-bond donors (Lipinski definition) is 1. The third kappa shape index (κ3) is 4.32. The fourth-order valence-corrected chi connectivity index (χ4v) is 4.31. The normalized spacial score (nSPS) is 15.6. The third-order valence-electron chi connectivity index (χ3n) is 4.52. The number of carbonyl (C=O) groups excluding carboxylic acids is 1. The van der Waals surface area contributed by atoms with Gasteiger partial charge >= 0.3 is 12.1 Å². The van der Waals surface area contributed by atoms with Crippen LogP contribution >= 0.6 is 24.0 Å². The first-order valence-corrected chi connectivity index (χ1v) is 10.2. The van der Waals surface area contributed by atoms with Crippen molar-refractivity contribution in [3.63, 3.8) is 0 Å². The zero-order chi connectivity index (χ0) is 23.0. The molecule has 0 spiro atoms. The predicted molar refractivity (Wildman–Crippen MR) is 118 cm³/mol. The minimum Gasteiger partial charge on any atom is -0.478 e. The summed E-state index contributed by atoms with van der Waals surface area (Å²) in [5.41, 5.74) is -0.216. The molecule has 10 heteroatoms. The molecule has 5 nitrogen and oxygen atoms in total. The van der Waals surface area contributed by atoms with Crippen LogP contribution in [0.3, 0.4) is 0 Å². The van der Waals surface area contributed by atoms with Gasteiger partial charge in [0, 0.05) is 11.6 Å². The van der Waals surface area contributed by atoms with Crippen molar-refractivity contribution in [3.8, 4) is 11.3 Å². The number of carboxylic acids is 1. The summed E-state index contributed by atoms with van der Waals surface area (Å²) in [5.74, 6) is -0.931. The van der Waals surface area contributed by atoms with Crippen LogP contribution in [0.4, 0.5) is 18.9 Å². The molecule has 0 unspecified atom stereocenters. The summed E-state index contributed by atoms with van der Waals surface area (Å²) in [7, 11) is 0. The summed E-state index contributed by atoms with van der Waals surface area (Å²) in [6.07, 6.45) is -3.10. The van der Waals surface area contributed by atoms with E-state index in [1.165, 1.54) is 30.3 Å². The van der Waals surface area contributed by atoms with E-state index in [1.807, 2.05) is 0 Å². The summed E-state index contributed by atoms with van der Waals surface area (Å²) in [6, 6.07) is 13.8. The number of furan rings is 1. The van der Waals surface area contributed by atoms with Gasteiger partial charge in [-0.15, -0.1) is 0 Å². The number of alkyl halides is 3. The van der Waals surface area contributed by atoms with Crippen LogP contribution < -0.4 is 4.90 Å². The van der Waals surface area contributed by atoms with Crippen LogP contribution in [0.25, 0.3) is 17.4 Å². The molecule has 1 aliphatic rings. The van der Waals surface area contributed by atoms with Crippen LogP contribution in [0.15, 0.2) is 70.0 Å². The lowest BCUT2D eigenvalue weighted by molar-refractivity contribution is -0.137. The maximum absolute atomic E-state index is 13.0. The van der Waals surface area contributed by atoms with Crippen molar-refractivity contribution in [2.24, 2.45) is 0 Å². The molecule has 0 saturated carbocycles. The lowest BCUT2D eigenvalue weighted by Crippen LogP contribution is -2.27. The lowest BCUT2D eigenvalue weighted by atomic mass is 10.1. The largest absolute Gasteiger partial charge is 0.478 e. The van der Waals surface area contributed by atoms with Crippen LogP contribution in [0, 0.1) is 0 Å². The zero-order valence-corrected chi connectivity index (χ0v) is 17.6. The molecular formula is C22H12F3NO4S2. The standard InChI is InChI=1S/C22H12F3NO4S2/c23-22(24,25)14-5-2-6-15(10-14)26-19(27)18(32-21(26)31)11-16-7-8-17(30-16)12-3-1-4-13(9-12)20(28)29/h1-11H,(H,28,29)/b18-11+. The average Bonchev–Trinajstić information content (AvgIpc) is 3.32. The fraction of sp³-hybridized carbons (Fsp3) is 0.0455. The van der Waals surface area contributed by atoms with Gasteiger partial charge in [-0.2, -0.15) is 13.2 Å². The molecule has 32 heavy (non-hydrogen) atoms. The summed E-state index contributed by atoms with van der Waals surface area (Å²) in [4.78, 5) is 25.2. The minimum atomic E-state index is -4.55. The van der Waals surface area contributed by atoms with E-state index in [2.05, 4.69) is 0 Å². The Balaban J connectivity index is 1.61. The van der Waals surface area contributed by atoms with Gasteiger partial charge in [0.05, 0.1) is 21.7 Å². The highest BCUT2D eigenvalue weighted by Crippen LogP contribution is 2.38. The maximum atomic E-state index is 13.0. The van der Waals surface area contributed by atoms with E-state index in [-0.39, 0.29) is 20.5 Å². The SMILES string of the molecule is O=C(O)c1cccc(-c2ccc(/C=C3/SC(=S)N(c4cccc(C(F)(F)F)c4)C3=O)o2)c1. The first-order valence-electron chi connectivity index (χ1n) is 9.02. The molecule has 2 aromatic carbocycles. The number of thiocarbonyl (C=S) groups is 1. The highest BCUT2D eigenvalue weighted by atomic mass is 32.2. The molecule has 2 heterocycles. The summed E-state index contributed by atoms with van der Waals surface area (Å²) < 4.78 is 44.9. The van der Waals surface area contributed by atoms with Crippen LogP contribution in [0.1, 0.15) is 21.7 Å². The van der Waals surface area contributed by atoms with E-state index in [4.69, 9.17) is 21.7 Å². The molecule has 162 valence electrons. The number of amides is 1. The number of thioether (sulfide) groups is 1. The molecule has 4 rings (SSSR count). The number of rotatable bonds is 4. The Kier molecular flexibility index (Phi) is 5.66. The van der Waals surface area contributed by atoms with E-state index in [0.717, 1.165) is 28.8 Å². The van der Waals surface area contributed by atoms with Gasteiger partial charge in [0.2, 0.25) is 0 Å². The number of aromatic carboxylic acids is 1. The van der Waals surface area contributed by atoms with Crippen LogP contribution in [0.5, 0.6) is 0 Å². The van der Waals surface area contributed by atoms with Crippen LogP contribution in [-0.4, -0.2) is 21.3 Å². The molecule has 1 aliphatic heterocycles. The van der Waals surface area contributed by atoms with Crippen molar-refractivity contribution < 1.29 is 32.3 Å². The van der Waals surface area contributed by atoms with E-state index in [1.54, 1.807) is 24.3 Å². The highest BCUT2D eigenvalue weighted by molar-refractivity contribution is 8.27. The molecule has 3 aromatic rings. The molecule has 0 bridgehead atoms. The fourth-order valence-electron chi connectivity index (χ4n) is 3.03. The molecule has 1 N–H and O–H groups in total. The molecular weight excluding hydrogens is 463 g/mol.